The lowest BCUT2D eigenvalue weighted by Gasteiger charge is -2.32. The molecule has 2 aromatic rings. The third-order valence-corrected chi connectivity index (χ3v) is 4.82. The van der Waals surface area contributed by atoms with E-state index in [2.05, 4.69) is 57.9 Å². The molecule has 0 aliphatic carbocycles. The molecule has 1 aromatic carbocycles. The van der Waals surface area contributed by atoms with Crippen LogP contribution in [-0.4, -0.2) is 49.2 Å². The van der Waals surface area contributed by atoms with Crippen LogP contribution in [0, 0.1) is 0 Å². The second-order valence-electron chi connectivity index (χ2n) is 6.30. The number of nitrogens with one attached hydrogen (secondary N) is 1. The van der Waals surface area contributed by atoms with Crippen molar-refractivity contribution in [3.8, 4) is 0 Å². The van der Waals surface area contributed by atoms with E-state index in [1.807, 2.05) is 18.5 Å². The topological polar surface area (TPSA) is 36.7 Å². The van der Waals surface area contributed by atoms with E-state index >= 15 is 0 Å². The summed E-state index contributed by atoms with van der Waals surface area (Å²) in [5.74, 6) is 0.861. The molecule has 5 heteroatoms. The largest absolute Gasteiger partial charge is 0.372 e. The van der Waals surface area contributed by atoms with Crippen molar-refractivity contribution in [1.82, 2.24) is 9.97 Å². The fourth-order valence-electron chi connectivity index (χ4n) is 3.36. The van der Waals surface area contributed by atoms with Gasteiger partial charge in [0.15, 0.2) is 0 Å². The SMILES string of the molecule is CCN(CC)c1ccc(C[NH+]2CCN(c3ncccn3)CC2)cc1. The normalized spacial score (nSPS) is 15.5. The van der Waals surface area contributed by atoms with Crippen LogP contribution in [0.4, 0.5) is 11.6 Å². The summed E-state index contributed by atoms with van der Waals surface area (Å²) >= 11 is 0. The number of hydrogen-bond acceptors (Lipinski definition) is 4. The van der Waals surface area contributed by atoms with E-state index < -0.39 is 0 Å². The van der Waals surface area contributed by atoms with Crippen LogP contribution in [0.3, 0.4) is 0 Å². The number of hydrogen-bond donors (Lipinski definition) is 1. The Hall–Kier alpha value is -2.14. The lowest BCUT2D eigenvalue weighted by atomic mass is 10.1. The Morgan fingerprint density at radius 2 is 1.62 bits per heavy atom. The van der Waals surface area contributed by atoms with Crippen LogP contribution in [0.1, 0.15) is 19.4 Å². The fourth-order valence-corrected chi connectivity index (χ4v) is 3.36. The number of rotatable bonds is 6. The van der Waals surface area contributed by atoms with E-state index in [1.165, 1.54) is 11.3 Å². The second kappa shape index (κ2) is 8.11. The van der Waals surface area contributed by atoms with Crippen molar-refractivity contribution < 1.29 is 4.90 Å². The molecule has 0 saturated carbocycles. The minimum absolute atomic E-state index is 0.861. The maximum atomic E-state index is 4.35. The van der Waals surface area contributed by atoms with Gasteiger partial charge in [0.05, 0.1) is 26.2 Å². The van der Waals surface area contributed by atoms with Crippen LogP contribution in [0.5, 0.6) is 0 Å². The number of piperazine rings is 1. The van der Waals surface area contributed by atoms with Gasteiger partial charge in [0.2, 0.25) is 5.95 Å². The van der Waals surface area contributed by atoms with Gasteiger partial charge in [0.25, 0.3) is 0 Å². The summed E-state index contributed by atoms with van der Waals surface area (Å²) in [6.07, 6.45) is 3.64. The number of quaternary nitrogens is 1. The molecule has 3 rings (SSSR count). The summed E-state index contributed by atoms with van der Waals surface area (Å²) in [4.78, 5) is 15.0. The highest BCUT2D eigenvalue weighted by atomic mass is 15.3. The third-order valence-electron chi connectivity index (χ3n) is 4.82. The Kier molecular flexibility index (Phi) is 5.64. The first-order valence-electron chi connectivity index (χ1n) is 8.99. The Morgan fingerprint density at radius 1 is 1.00 bits per heavy atom. The Morgan fingerprint density at radius 3 is 2.21 bits per heavy atom. The van der Waals surface area contributed by atoms with Gasteiger partial charge in [0, 0.05) is 36.7 Å². The van der Waals surface area contributed by atoms with Crippen molar-refractivity contribution in [2.24, 2.45) is 0 Å². The van der Waals surface area contributed by atoms with E-state index in [4.69, 9.17) is 0 Å². The maximum absolute atomic E-state index is 4.35. The first kappa shape index (κ1) is 16.7. The fraction of sp³-hybridized carbons (Fsp3) is 0.474. The van der Waals surface area contributed by atoms with Gasteiger partial charge in [-0.05, 0) is 32.0 Å². The van der Waals surface area contributed by atoms with Gasteiger partial charge in [-0.3, -0.25) is 0 Å². The van der Waals surface area contributed by atoms with Crippen LogP contribution >= 0.6 is 0 Å². The van der Waals surface area contributed by atoms with Gasteiger partial charge >= 0.3 is 0 Å². The molecule has 1 fully saturated rings. The molecule has 1 saturated heterocycles. The van der Waals surface area contributed by atoms with Crippen LogP contribution in [0.25, 0.3) is 0 Å². The van der Waals surface area contributed by atoms with Gasteiger partial charge in [-0.25, -0.2) is 9.97 Å². The number of benzene rings is 1. The molecular weight excluding hydrogens is 298 g/mol. The highest BCUT2D eigenvalue weighted by Gasteiger charge is 2.21. The Labute approximate surface area is 144 Å². The van der Waals surface area contributed by atoms with Gasteiger partial charge in [-0.15, -0.1) is 0 Å². The molecule has 1 aromatic heterocycles. The summed E-state index contributed by atoms with van der Waals surface area (Å²) in [6.45, 7) is 12.0. The van der Waals surface area contributed by atoms with Crippen molar-refractivity contribution >= 4 is 11.6 Å². The predicted molar refractivity (Wildman–Crippen MR) is 98.6 cm³/mol. The summed E-state index contributed by atoms with van der Waals surface area (Å²) in [5.41, 5.74) is 2.75. The molecule has 0 atom stereocenters. The van der Waals surface area contributed by atoms with Crippen molar-refractivity contribution in [3.63, 3.8) is 0 Å². The molecule has 1 aliphatic rings. The average molecular weight is 326 g/mol. The van der Waals surface area contributed by atoms with Crippen LogP contribution in [0.2, 0.25) is 0 Å². The number of anilines is 2. The molecule has 5 nitrogen and oxygen atoms in total. The summed E-state index contributed by atoms with van der Waals surface area (Å²) < 4.78 is 0. The third kappa shape index (κ3) is 4.03. The lowest BCUT2D eigenvalue weighted by Crippen LogP contribution is -3.13. The van der Waals surface area contributed by atoms with Gasteiger partial charge < -0.3 is 14.7 Å². The first-order chi connectivity index (χ1) is 11.8. The first-order valence-corrected chi connectivity index (χ1v) is 8.99. The predicted octanol–water partition coefficient (Wildman–Crippen LogP) is 1.23. The summed E-state index contributed by atoms with van der Waals surface area (Å²) in [6, 6.07) is 11.0. The molecular formula is C19H28N5+. The quantitative estimate of drug-likeness (QED) is 0.866. The van der Waals surface area contributed by atoms with E-state index in [0.29, 0.717) is 0 Å². The highest BCUT2D eigenvalue weighted by Crippen LogP contribution is 2.14. The Bertz CT molecular complexity index is 601. The van der Waals surface area contributed by atoms with E-state index in [0.717, 1.165) is 51.8 Å². The standard InChI is InChI=1S/C19H27N5/c1-3-23(4-2)18-8-6-17(7-9-18)16-22-12-14-24(15-13-22)19-20-10-5-11-21-19/h5-11H,3-4,12-16H2,1-2H3/p+1. The number of nitrogens with zero attached hydrogens (tertiary/aromatic N) is 4. The zero-order valence-electron chi connectivity index (χ0n) is 14.8. The summed E-state index contributed by atoms with van der Waals surface area (Å²) in [5, 5.41) is 0. The molecule has 0 amide bonds. The van der Waals surface area contributed by atoms with Crippen molar-refractivity contribution in [2.75, 3.05) is 49.1 Å². The van der Waals surface area contributed by atoms with E-state index in [-0.39, 0.29) is 0 Å². The number of aromatic nitrogens is 2. The van der Waals surface area contributed by atoms with Gasteiger partial charge in [0.1, 0.15) is 6.54 Å². The molecule has 0 unspecified atom stereocenters. The molecule has 2 heterocycles. The molecule has 24 heavy (non-hydrogen) atoms. The van der Waals surface area contributed by atoms with Crippen LogP contribution in [-0.2, 0) is 6.54 Å². The molecule has 1 N–H and O–H groups in total. The van der Waals surface area contributed by atoms with Crippen LogP contribution < -0.4 is 14.7 Å². The molecule has 1 aliphatic heterocycles. The zero-order chi connectivity index (χ0) is 16.8. The maximum Gasteiger partial charge on any atom is 0.225 e. The average Bonchev–Trinajstić information content (AvgIpc) is 2.65. The van der Waals surface area contributed by atoms with Crippen molar-refractivity contribution in [2.45, 2.75) is 20.4 Å². The highest BCUT2D eigenvalue weighted by molar-refractivity contribution is 5.47. The zero-order valence-corrected chi connectivity index (χ0v) is 14.8. The second-order valence-corrected chi connectivity index (χ2v) is 6.30. The van der Waals surface area contributed by atoms with Gasteiger partial charge in [-0.1, -0.05) is 12.1 Å². The smallest absolute Gasteiger partial charge is 0.225 e. The Balaban J connectivity index is 1.53. The van der Waals surface area contributed by atoms with Crippen LogP contribution in [0.15, 0.2) is 42.7 Å². The van der Waals surface area contributed by atoms with Gasteiger partial charge in [-0.2, -0.15) is 0 Å². The van der Waals surface area contributed by atoms with E-state index in [9.17, 15) is 0 Å². The minimum atomic E-state index is 0.861. The van der Waals surface area contributed by atoms with Crippen molar-refractivity contribution in [1.29, 1.82) is 0 Å². The van der Waals surface area contributed by atoms with E-state index in [1.54, 1.807) is 4.90 Å². The molecule has 128 valence electrons. The van der Waals surface area contributed by atoms with Crippen molar-refractivity contribution in [3.05, 3.63) is 48.3 Å². The molecule has 0 radical (unpaired) electrons. The molecule has 0 bridgehead atoms. The lowest BCUT2D eigenvalue weighted by molar-refractivity contribution is -0.914. The minimum Gasteiger partial charge on any atom is -0.372 e. The monoisotopic (exact) mass is 326 g/mol. The molecule has 0 spiro atoms. The summed E-state index contributed by atoms with van der Waals surface area (Å²) in [7, 11) is 0.